The van der Waals surface area contributed by atoms with Crippen LogP contribution in [-0.2, 0) is 22.1 Å². The van der Waals surface area contributed by atoms with Gasteiger partial charge in [-0.3, -0.25) is 0 Å². The van der Waals surface area contributed by atoms with Crippen LogP contribution < -0.4 is 9.47 Å². The van der Waals surface area contributed by atoms with Gasteiger partial charge in [-0.1, -0.05) is 24.3 Å². The second-order valence-electron chi connectivity index (χ2n) is 5.95. The number of ether oxygens (including phenoxy) is 3. The summed E-state index contributed by atoms with van der Waals surface area (Å²) in [7, 11) is 1.33. The van der Waals surface area contributed by atoms with Crippen LogP contribution in [0.4, 0.5) is 13.2 Å². The van der Waals surface area contributed by atoms with E-state index in [2.05, 4.69) is 0 Å². The smallest absolute Gasteiger partial charge is 0.416 e. The maximum absolute atomic E-state index is 12.7. The normalized spacial score (nSPS) is 12.4. The summed E-state index contributed by atoms with van der Waals surface area (Å²) in [6.45, 7) is 0.444. The molecule has 0 aliphatic heterocycles. The van der Waals surface area contributed by atoms with Crippen molar-refractivity contribution in [3.05, 3.63) is 59.7 Å². The largest absolute Gasteiger partial charge is 0.493 e. The third kappa shape index (κ3) is 6.45. The molecule has 0 amide bonds. The maximum Gasteiger partial charge on any atom is 0.416 e. The predicted molar refractivity (Wildman–Crippen MR) is 95.6 cm³/mol. The Labute approximate surface area is 160 Å². The number of benzene rings is 2. The van der Waals surface area contributed by atoms with Crippen molar-refractivity contribution in [2.75, 3.05) is 20.3 Å². The molecule has 2 aromatic carbocycles. The zero-order chi connectivity index (χ0) is 20.6. The van der Waals surface area contributed by atoms with Crippen LogP contribution in [0, 0.1) is 0 Å². The lowest BCUT2D eigenvalue weighted by Gasteiger charge is -2.15. The Kier molecular flexibility index (Phi) is 7.69. The van der Waals surface area contributed by atoms with Gasteiger partial charge in [0.15, 0.2) is 6.10 Å². The molecule has 0 unspecified atom stereocenters. The first-order chi connectivity index (χ1) is 13.3. The Balaban J connectivity index is 1.84. The Morgan fingerprint density at radius 2 is 1.79 bits per heavy atom. The van der Waals surface area contributed by atoms with Gasteiger partial charge in [0.25, 0.3) is 0 Å². The molecular formula is C20H21F3O5. The van der Waals surface area contributed by atoms with Crippen molar-refractivity contribution in [1.82, 2.24) is 0 Å². The third-order valence-corrected chi connectivity index (χ3v) is 3.91. The molecule has 2 aromatic rings. The summed E-state index contributed by atoms with van der Waals surface area (Å²) >= 11 is 0. The number of hydrogen-bond donors (Lipinski definition) is 1. The summed E-state index contributed by atoms with van der Waals surface area (Å²) in [4.78, 5) is 11.1. The summed E-state index contributed by atoms with van der Waals surface area (Å²) in [5.74, 6) is -0.392. The van der Waals surface area contributed by atoms with E-state index in [0.29, 0.717) is 17.7 Å². The van der Waals surface area contributed by atoms with Gasteiger partial charge in [-0.2, -0.15) is 13.2 Å². The molecule has 0 saturated carbocycles. The van der Waals surface area contributed by atoms with Gasteiger partial charge in [0.05, 0.1) is 18.8 Å². The second kappa shape index (κ2) is 9.98. The molecule has 0 saturated heterocycles. The van der Waals surface area contributed by atoms with Crippen molar-refractivity contribution in [1.29, 1.82) is 0 Å². The molecule has 5 nitrogen and oxygen atoms in total. The van der Waals surface area contributed by atoms with Crippen molar-refractivity contribution >= 4 is 5.97 Å². The highest BCUT2D eigenvalue weighted by atomic mass is 19.4. The van der Waals surface area contributed by atoms with E-state index in [1.165, 1.54) is 19.2 Å². The summed E-state index contributed by atoms with van der Waals surface area (Å²) in [6, 6.07) is 11.7. The SMILES string of the molecule is CO[C@@H](Cc1ccccc1OCCCOc1cccc(C(F)(F)F)c1)C(=O)O. The molecule has 0 heterocycles. The van der Waals surface area contributed by atoms with Crippen molar-refractivity contribution in [3.63, 3.8) is 0 Å². The molecule has 28 heavy (non-hydrogen) atoms. The zero-order valence-electron chi connectivity index (χ0n) is 15.2. The number of hydrogen-bond acceptors (Lipinski definition) is 4. The quantitative estimate of drug-likeness (QED) is 0.608. The first kappa shape index (κ1) is 21.6. The van der Waals surface area contributed by atoms with Crippen LogP contribution in [0.1, 0.15) is 17.5 Å². The summed E-state index contributed by atoms with van der Waals surface area (Å²) in [6.07, 6.45) is -4.80. The molecule has 152 valence electrons. The minimum atomic E-state index is -4.41. The fourth-order valence-corrected chi connectivity index (χ4v) is 2.48. The van der Waals surface area contributed by atoms with Gasteiger partial charge < -0.3 is 19.3 Å². The molecule has 0 aliphatic carbocycles. The van der Waals surface area contributed by atoms with E-state index in [9.17, 15) is 18.0 Å². The van der Waals surface area contributed by atoms with Gasteiger partial charge in [0.2, 0.25) is 0 Å². The van der Waals surface area contributed by atoms with E-state index in [4.69, 9.17) is 19.3 Å². The van der Waals surface area contributed by atoms with Gasteiger partial charge in [0, 0.05) is 20.0 Å². The van der Waals surface area contributed by atoms with Crippen LogP contribution in [0.5, 0.6) is 11.5 Å². The number of rotatable bonds is 10. The molecule has 1 atom stereocenters. The average molecular weight is 398 g/mol. The number of carboxylic acids is 1. The van der Waals surface area contributed by atoms with Crippen molar-refractivity contribution in [2.24, 2.45) is 0 Å². The van der Waals surface area contributed by atoms with E-state index in [1.807, 2.05) is 0 Å². The molecule has 0 fully saturated rings. The van der Waals surface area contributed by atoms with E-state index in [0.717, 1.165) is 12.1 Å². The first-order valence-electron chi connectivity index (χ1n) is 8.57. The molecule has 0 radical (unpaired) electrons. The molecule has 2 rings (SSSR count). The molecule has 0 aromatic heterocycles. The van der Waals surface area contributed by atoms with Crippen LogP contribution in [0.25, 0.3) is 0 Å². The van der Waals surface area contributed by atoms with Crippen molar-refractivity contribution in [2.45, 2.75) is 25.1 Å². The molecule has 8 heteroatoms. The molecular weight excluding hydrogens is 377 g/mol. The highest BCUT2D eigenvalue weighted by Gasteiger charge is 2.30. The van der Waals surface area contributed by atoms with Gasteiger partial charge in [-0.25, -0.2) is 4.79 Å². The van der Waals surface area contributed by atoms with Crippen LogP contribution in [0.3, 0.4) is 0 Å². The van der Waals surface area contributed by atoms with Crippen molar-refractivity contribution < 1.29 is 37.3 Å². The van der Waals surface area contributed by atoms with Crippen LogP contribution in [-0.4, -0.2) is 37.5 Å². The minimum absolute atomic E-state index is 0.139. The lowest BCUT2D eigenvalue weighted by Crippen LogP contribution is -2.25. The van der Waals surface area contributed by atoms with E-state index in [-0.39, 0.29) is 25.4 Å². The Bertz CT molecular complexity index is 776. The predicted octanol–water partition coefficient (Wildman–Crippen LogP) is 4.20. The van der Waals surface area contributed by atoms with Crippen LogP contribution in [0.15, 0.2) is 48.5 Å². The average Bonchev–Trinajstić information content (AvgIpc) is 2.66. The Morgan fingerprint density at radius 3 is 2.46 bits per heavy atom. The third-order valence-electron chi connectivity index (χ3n) is 3.91. The number of carbonyl (C=O) groups is 1. The Morgan fingerprint density at radius 1 is 1.07 bits per heavy atom. The van der Waals surface area contributed by atoms with Gasteiger partial charge >= 0.3 is 12.1 Å². The van der Waals surface area contributed by atoms with Crippen LogP contribution in [0.2, 0.25) is 0 Å². The highest BCUT2D eigenvalue weighted by molar-refractivity contribution is 5.72. The fourth-order valence-electron chi connectivity index (χ4n) is 2.48. The lowest BCUT2D eigenvalue weighted by molar-refractivity contribution is -0.148. The molecule has 0 spiro atoms. The van der Waals surface area contributed by atoms with Gasteiger partial charge in [-0.05, 0) is 29.8 Å². The monoisotopic (exact) mass is 398 g/mol. The molecule has 1 N–H and O–H groups in total. The summed E-state index contributed by atoms with van der Waals surface area (Å²) in [5, 5.41) is 9.10. The topological polar surface area (TPSA) is 65.0 Å². The number of methoxy groups -OCH3 is 1. The summed E-state index contributed by atoms with van der Waals surface area (Å²) < 4.78 is 54.0. The Hall–Kier alpha value is -2.74. The number of halogens is 3. The van der Waals surface area contributed by atoms with E-state index >= 15 is 0 Å². The molecule has 0 aliphatic rings. The second-order valence-corrected chi connectivity index (χ2v) is 5.95. The molecule has 0 bridgehead atoms. The fraction of sp³-hybridized carbons (Fsp3) is 0.350. The lowest BCUT2D eigenvalue weighted by atomic mass is 10.1. The maximum atomic E-state index is 12.7. The number of para-hydroxylation sites is 1. The van der Waals surface area contributed by atoms with Crippen LogP contribution >= 0.6 is 0 Å². The minimum Gasteiger partial charge on any atom is -0.493 e. The van der Waals surface area contributed by atoms with Gasteiger partial charge in [0.1, 0.15) is 11.5 Å². The van der Waals surface area contributed by atoms with Crippen molar-refractivity contribution in [3.8, 4) is 11.5 Å². The van der Waals surface area contributed by atoms with E-state index < -0.39 is 23.8 Å². The zero-order valence-corrected chi connectivity index (χ0v) is 15.2. The number of aliphatic carboxylic acids is 1. The van der Waals surface area contributed by atoms with E-state index in [1.54, 1.807) is 24.3 Å². The highest BCUT2D eigenvalue weighted by Crippen LogP contribution is 2.31. The number of carboxylic acid groups (broad SMARTS) is 1. The standard InChI is InChI=1S/C20H21F3O5/c1-26-18(19(24)25)12-14-6-2-3-9-17(14)28-11-5-10-27-16-8-4-7-15(13-16)20(21,22)23/h2-4,6-9,13,18H,5,10-12H2,1H3,(H,24,25)/t18-/m0/s1. The van der Waals surface area contributed by atoms with Gasteiger partial charge in [-0.15, -0.1) is 0 Å². The number of alkyl halides is 3. The first-order valence-corrected chi connectivity index (χ1v) is 8.57. The summed E-state index contributed by atoms with van der Waals surface area (Å²) in [5.41, 5.74) is -0.0724.